The van der Waals surface area contributed by atoms with Crippen molar-refractivity contribution < 1.29 is 4.74 Å². The smallest absolute Gasteiger partial charge is 0.118 e. The van der Waals surface area contributed by atoms with Gasteiger partial charge < -0.3 is 10.1 Å². The van der Waals surface area contributed by atoms with Gasteiger partial charge in [-0.05, 0) is 42.3 Å². The first kappa shape index (κ1) is 13.6. The molecule has 2 nitrogen and oxygen atoms in total. The molecule has 2 aromatic rings. The Hall–Kier alpha value is -1.80. The largest absolute Gasteiger partial charge is 0.497 e. The lowest BCUT2D eigenvalue weighted by Gasteiger charge is -2.17. The Kier molecular flexibility index (Phi) is 4.58. The van der Waals surface area contributed by atoms with Gasteiger partial charge in [-0.15, -0.1) is 0 Å². The van der Waals surface area contributed by atoms with Crippen molar-refractivity contribution in [3.8, 4) is 16.9 Å². The zero-order chi connectivity index (χ0) is 13.7. The van der Waals surface area contributed by atoms with Gasteiger partial charge in [0.25, 0.3) is 0 Å². The van der Waals surface area contributed by atoms with Crippen LogP contribution < -0.4 is 10.1 Å². The summed E-state index contributed by atoms with van der Waals surface area (Å²) in [5.74, 6) is 0.890. The predicted molar refractivity (Wildman–Crippen MR) is 80.5 cm³/mol. The van der Waals surface area contributed by atoms with Crippen molar-refractivity contribution in [3.05, 3.63) is 54.1 Å². The Morgan fingerprint density at radius 1 is 1.05 bits per heavy atom. The molecule has 2 rings (SSSR count). The van der Waals surface area contributed by atoms with E-state index in [0.29, 0.717) is 6.04 Å². The molecule has 0 fully saturated rings. The summed E-state index contributed by atoms with van der Waals surface area (Å²) < 4.78 is 5.21. The van der Waals surface area contributed by atoms with Crippen molar-refractivity contribution in [2.75, 3.05) is 13.7 Å². The maximum absolute atomic E-state index is 5.21. The second-order valence-electron chi connectivity index (χ2n) is 4.60. The van der Waals surface area contributed by atoms with Crippen molar-refractivity contribution >= 4 is 0 Å². The summed E-state index contributed by atoms with van der Waals surface area (Å²) >= 11 is 0. The van der Waals surface area contributed by atoms with Crippen molar-refractivity contribution in [1.29, 1.82) is 0 Å². The van der Waals surface area contributed by atoms with E-state index < -0.39 is 0 Å². The van der Waals surface area contributed by atoms with E-state index in [2.05, 4.69) is 55.6 Å². The van der Waals surface area contributed by atoms with Crippen LogP contribution in [0.5, 0.6) is 5.75 Å². The van der Waals surface area contributed by atoms with Crippen LogP contribution in [-0.4, -0.2) is 13.7 Å². The molecule has 0 amide bonds. The monoisotopic (exact) mass is 255 g/mol. The number of hydrogen-bond donors (Lipinski definition) is 1. The van der Waals surface area contributed by atoms with Gasteiger partial charge in [-0.1, -0.05) is 43.3 Å². The Labute approximate surface area is 115 Å². The van der Waals surface area contributed by atoms with Crippen LogP contribution in [0.2, 0.25) is 0 Å². The van der Waals surface area contributed by atoms with Gasteiger partial charge in [0.1, 0.15) is 5.75 Å². The lowest BCUT2D eigenvalue weighted by Crippen LogP contribution is -2.18. The van der Waals surface area contributed by atoms with E-state index in [1.54, 1.807) is 7.11 Å². The fraction of sp³-hybridized carbons (Fsp3) is 0.294. The van der Waals surface area contributed by atoms with Crippen LogP contribution in [0.15, 0.2) is 48.5 Å². The highest BCUT2D eigenvalue weighted by atomic mass is 16.5. The van der Waals surface area contributed by atoms with Crippen LogP contribution in [-0.2, 0) is 0 Å². The van der Waals surface area contributed by atoms with Crippen LogP contribution >= 0.6 is 0 Å². The summed E-state index contributed by atoms with van der Waals surface area (Å²) in [6.45, 7) is 5.30. The predicted octanol–water partition coefficient (Wildman–Crippen LogP) is 4.03. The molecule has 0 aromatic heterocycles. The average molecular weight is 255 g/mol. The van der Waals surface area contributed by atoms with Gasteiger partial charge >= 0.3 is 0 Å². The summed E-state index contributed by atoms with van der Waals surface area (Å²) in [6.07, 6.45) is 0. The van der Waals surface area contributed by atoms with E-state index in [4.69, 9.17) is 4.74 Å². The fourth-order valence-electron chi connectivity index (χ4n) is 2.32. The average Bonchev–Trinajstić information content (AvgIpc) is 2.47. The number of hydrogen-bond acceptors (Lipinski definition) is 2. The van der Waals surface area contributed by atoms with Crippen LogP contribution in [0.25, 0.3) is 11.1 Å². The molecule has 0 radical (unpaired) electrons. The van der Waals surface area contributed by atoms with E-state index >= 15 is 0 Å². The molecule has 0 aliphatic rings. The summed E-state index contributed by atoms with van der Waals surface area (Å²) in [7, 11) is 1.69. The molecule has 1 N–H and O–H groups in total. The highest BCUT2D eigenvalue weighted by molar-refractivity contribution is 5.68. The van der Waals surface area contributed by atoms with Gasteiger partial charge in [0.15, 0.2) is 0 Å². The van der Waals surface area contributed by atoms with Crippen LogP contribution in [0.3, 0.4) is 0 Å². The van der Waals surface area contributed by atoms with Gasteiger partial charge in [0.05, 0.1) is 7.11 Å². The molecular formula is C17H21NO. The standard InChI is InChI=1S/C17H21NO/c1-4-18-13(2)16-7-5-6-8-17(16)14-9-11-15(19-3)12-10-14/h5-13,18H,4H2,1-3H3. The molecule has 2 aromatic carbocycles. The van der Waals surface area contributed by atoms with Crippen molar-refractivity contribution in [3.63, 3.8) is 0 Å². The second kappa shape index (κ2) is 6.39. The molecule has 1 unspecified atom stereocenters. The molecule has 2 heteroatoms. The second-order valence-corrected chi connectivity index (χ2v) is 4.60. The maximum atomic E-state index is 5.21. The van der Waals surface area contributed by atoms with Crippen molar-refractivity contribution in [1.82, 2.24) is 5.32 Å². The third-order valence-electron chi connectivity index (χ3n) is 3.34. The van der Waals surface area contributed by atoms with E-state index in [1.807, 2.05) is 12.1 Å². The van der Waals surface area contributed by atoms with Crippen molar-refractivity contribution in [2.24, 2.45) is 0 Å². The number of ether oxygens (including phenoxy) is 1. The number of methoxy groups -OCH3 is 1. The number of benzene rings is 2. The van der Waals surface area contributed by atoms with Gasteiger partial charge in [0.2, 0.25) is 0 Å². The summed E-state index contributed by atoms with van der Waals surface area (Å²) in [5.41, 5.74) is 3.83. The quantitative estimate of drug-likeness (QED) is 0.871. The van der Waals surface area contributed by atoms with Crippen LogP contribution in [0.4, 0.5) is 0 Å². The third kappa shape index (κ3) is 3.15. The third-order valence-corrected chi connectivity index (χ3v) is 3.34. The SMILES string of the molecule is CCNC(C)c1ccccc1-c1ccc(OC)cc1. The van der Waals surface area contributed by atoms with Gasteiger partial charge in [-0.2, -0.15) is 0 Å². The molecule has 0 bridgehead atoms. The van der Waals surface area contributed by atoms with Crippen molar-refractivity contribution in [2.45, 2.75) is 19.9 Å². The highest BCUT2D eigenvalue weighted by Crippen LogP contribution is 2.29. The normalized spacial score (nSPS) is 12.2. The van der Waals surface area contributed by atoms with Crippen LogP contribution in [0.1, 0.15) is 25.5 Å². The molecule has 0 heterocycles. The van der Waals surface area contributed by atoms with Crippen LogP contribution in [0, 0.1) is 0 Å². The summed E-state index contributed by atoms with van der Waals surface area (Å²) in [5, 5.41) is 3.47. The Balaban J connectivity index is 2.37. The topological polar surface area (TPSA) is 21.3 Å². The zero-order valence-corrected chi connectivity index (χ0v) is 11.8. The first-order chi connectivity index (χ1) is 9.26. The molecule has 0 saturated heterocycles. The minimum Gasteiger partial charge on any atom is -0.497 e. The molecule has 1 atom stereocenters. The van der Waals surface area contributed by atoms with Gasteiger partial charge in [0, 0.05) is 6.04 Å². The fourth-order valence-corrected chi connectivity index (χ4v) is 2.32. The van der Waals surface area contributed by atoms with E-state index in [1.165, 1.54) is 16.7 Å². The first-order valence-corrected chi connectivity index (χ1v) is 6.73. The lowest BCUT2D eigenvalue weighted by atomic mass is 9.95. The molecule has 100 valence electrons. The molecule has 0 spiro atoms. The minimum absolute atomic E-state index is 0.350. The van der Waals surface area contributed by atoms with Gasteiger partial charge in [-0.25, -0.2) is 0 Å². The molecule has 19 heavy (non-hydrogen) atoms. The van der Waals surface area contributed by atoms with E-state index in [-0.39, 0.29) is 0 Å². The molecule has 0 aliphatic carbocycles. The Bertz CT molecular complexity index is 519. The summed E-state index contributed by atoms with van der Waals surface area (Å²) in [4.78, 5) is 0. The minimum atomic E-state index is 0.350. The first-order valence-electron chi connectivity index (χ1n) is 6.73. The van der Waals surface area contributed by atoms with E-state index in [9.17, 15) is 0 Å². The van der Waals surface area contributed by atoms with Gasteiger partial charge in [-0.3, -0.25) is 0 Å². The zero-order valence-electron chi connectivity index (χ0n) is 11.8. The highest BCUT2D eigenvalue weighted by Gasteiger charge is 2.10. The molecule has 0 aliphatic heterocycles. The Morgan fingerprint density at radius 3 is 2.37 bits per heavy atom. The maximum Gasteiger partial charge on any atom is 0.118 e. The number of nitrogens with one attached hydrogen (secondary N) is 1. The molecular weight excluding hydrogens is 234 g/mol. The summed E-state index contributed by atoms with van der Waals surface area (Å²) in [6, 6.07) is 17.1. The lowest BCUT2D eigenvalue weighted by molar-refractivity contribution is 0.415. The molecule has 0 saturated carbocycles. The Morgan fingerprint density at radius 2 is 1.74 bits per heavy atom. The van der Waals surface area contributed by atoms with E-state index in [0.717, 1.165) is 12.3 Å². The number of rotatable bonds is 5.